The highest BCUT2D eigenvalue weighted by Gasteiger charge is 2.51. The van der Waals surface area contributed by atoms with E-state index in [9.17, 15) is 19.8 Å². The summed E-state index contributed by atoms with van der Waals surface area (Å²) >= 11 is 0. The number of nitrogens with zero attached hydrogens (tertiary/aromatic N) is 2. The average Bonchev–Trinajstić information content (AvgIpc) is 2.87. The number of esters is 1. The van der Waals surface area contributed by atoms with E-state index in [0.29, 0.717) is 18.4 Å². The number of aliphatic hydroxyl groups is 2. The van der Waals surface area contributed by atoms with Crippen LogP contribution in [0.15, 0.2) is 33.9 Å². The van der Waals surface area contributed by atoms with Crippen molar-refractivity contribution >= 4 is 5.97 Å². The number of allylic oxidation sites excluding steroid dienone is 1. The first-order valence-electron chi connectivity index (χ1n) is 8.61. The Bertz CT molecular complexity index is 839. The number of nitrogens with one attached hydrogen (secondary N) is 1. The average molecular weight is 365 g/mol. The van der Waals surface area contributed by atoms with Crippen LogP contribution in [0.4, 0.5) is 0 Å². The van der Waals surface area contributed by atoms with Gasteiger partial charge in [0.25, 0.3) is 0 Å². The lowest BCUT2D eigenvalue weighted by Gasteiger charge is -2.31. The van der Waals surface area contributed by atoms with Crippen molar-refractivity contribution in [2.45, 2.75) is 51.0 Å². The van der Waals surface area contributed by atoms with Crippen LogP contribution in [0.1, 0.15) is 32.7 Å². The summed E-state index contributed by atoms with van der Waals surface area (Å²) in [7, 11) is 0. The number of H-pyrrole nitrogens is 1. The standard InChI is InChI=1S/C17H23N3O6/c1-8(2)16(23)26-10-5-3-4-9-12(10)14(21)15(22)13(9)20-7-6-11(19-25)18-17(20)24/h4,6-8,10,12-15,21-22,25H,3,5H2,1-2H3,(H,18,19,24)/t10-,12-,13-,14-,15+/m1/s1. The summed E-state index contributed by atoms with van der Waals surface area (Å²) in [6, 6.07) is 0.597. The molecular formula is C17H23N3O6. The van der Waals surface area contributed by atoms with Crippen LogP contribution < -0.4 is 11.2 Å². The molecule has 9 heteroatoms. The predicted molar refractivity (Wildman–Crippen MR) is 89.0 cm³/mol. The number of aliphatic hydroxyl groups excluding tert-OH is 2. The van der Waals surface area contributed by atoms with E-state index in [-0.39, 0.29) is 17.4 Å². The molecule has 1 aromatic rings. The van der Waals surface area contributed by atoms with Crippen LogP contribution >= 0.6 is 0 Å². The maximum atomic E-state index is 12.3. The lowest BCUT2D eigenvalue weighted by Crippen LogP contribution is -2.38. The summed E-state index contributed by atoms with van der Waals surface area (Å²) in [5.41, 5.74) is 0.0681. The minimum Gasteiger partial charge on any atom is -0.461 e. The minimum atomic E-state index is -1.23. The molecule has 1 heterocycles. The smallest absolute Gasteiger partial charge is 0.327 e. The molecule has 1 fully saturated rings. The van der Waals surface area contributed by atoms with Gasteiger partial charge < -0.3 is 20.2 Å². The van der Waals surface area contributed by atoms with Crippen molar-refractivity contribution in [3.63, 3.8) is 0 Å². The van der Waals surface area contributed by atoms with Crippen molar-refractivity contribution in [3.8, 4) is 0 Å². The molecule has 26 heavy (non-hydrogen) atoms. The van der Waals surface area contributed by atoms with Crippen molar-refractivity contribution < 1.29 is 25.0 Å². The molecule has 4 N–H and O–H groups in total. The van der Waals surface area contributed by atoms with Crippen LogP contribution in [0.25, 0.3) is 0 Å². The first kappa shape index (κ1) is 18.4. The molecular weight excluding hydrogens is 342 g/mol. The fourth-order valence-corrected chi connectivity index (χ4v) is 3.73. The molecule has 9 nitrogen and oxygen atoms in total. The lowest BCUT2D eigenvalue weighted by molar-refractivity contribution is -0.158. The molecule has 142 valence electrons. The van der Waals surface area contributed by atoms with Gasteiger partial charge in [-0.25, -0.2) is 4.79 Å². The number of aromatic amines is 1. The highest BCUT2D eigenvalue weighted by molar-refractivity contribution is 5.71. The maximum absolute atomic E-state index is 12.3. The van der Waals surface area contributed by atoms with E-state index in [1.165, 1.54) is 16.8 Å². The van der Waals surface area contributed by atoms with Crippen molar-refractivity contribution in [2.75, 3.05) is 0 Å². The third-order valence-electron chi connectivity index (χ3n) is 5.01. The van der Waals surface area contributed by atoms with Gasteiger partial charge in [0, 0.05) is 18.2 Å². The Balaban J connectivity index is 1.97. The fourth-order valence-electron chi connectivity index (χ4n) is 3.73. The summed E-state index contributed by atoms with van der Waals surface area (Å²) in [4.78, 5) is 26.7. The lowest BCUT2D eigenvalue weighted by atomic mass is 9.85. The van der Waals surface area contributed by atoms with Crippen molar-refractivity contribution in [1.82, 2.24) is 9.55 Å². The van der Waals surface area contributed by atoms with E-state index in [1.807, 2.05) is 6.08 Å². The molecule has 0 aliphatic heterocycles. The second kappa shape index (κ2) is 7.08. The monoisotopic (exact) mass is 365 g/mol. The fraction of sp³-hybridized carbons (Fsp3) is 0.588. The van der Waals surface area contributed by atoms with E-state index in [2.05, 4.69) is 10.1 Å². The Morgan fingerprint density at radius 1 is 1.38 bits per heavy atom. The van der Waals surface area contributed by atoms with Crippen LogP contribution in [0, 0.1) is 11.8 Å². The third kappa shape index (κ3) is 3.08. The van der Waals surface area contributed by atoms with Gasteiger partial charge in [-0.1, -0.05) is 25.1 Å². The zero-order valence-electron chi connectivity index (χ0n) is 14.6. The molecule has 1 aromatic heterocycles. The molecule has 0 radical (unpaired) electrons. The van der Waals surface area contributed by atoms with Crippen LogP contribution in [0.5, 0.6) is 0 Å². The van der Waals surface area contributed by atoms with Gasteiger partial charge in [0.2, 0.25) is 0 Å². The molecule has 2 aliphatic rings. The van der Waals surface area contributed by atoms with Crippen LogP contribution in [0.2, 0.25) is 0 Å². The molecule has 0 spiro atoms. The van der Waals surface area contributed by atoms with Gasteiger partial charge in [0.05, 0.1) is 18.1 Å². The molecule has 2 aliphatic carbocycles. The van der Waals surface area contributed by atoms with Gasteiger partial charge in [0.15, 0.2) is 5.49 Å². The van der Waals surface area contributed by atoms with Gasteiger partial charge in [-0.3, -0.25) is 14.3 Å². The topological polar surface area (TPSA) is 137 Å². The molecule has 5 atom stereocenters. The summed E-state index contributed by atoms with van der Waals surface area (Å²) < 4.78 is 6.79. The Morgan fingerprint density at radius 3 is 2.73 bits per heavy atom. The van der Waals surface area contributed by atoms with Crippen molar-refractivity contribution in [2.24, 2.45) is 17.0 Å². The number of hydrogen-bond acceptors (Lipinski definition) is 7. The molecule has 0 unspecified atom stereocenters. The highest BCUT2D eigenvalue weighted by Crippen LogP contribution is 2.46. The summed E-state index contributed by atoms with van der Waals surface area (Å²) in [5, 5.41) is 32.8. The normalized spacial score (nSPS) is 31.7. The van der Waals surface area contributed by atoms with E-state index in [1.54, 1.807) is 13.8 Å². The van der Waals surface area contributed by atoms with E-state index in [0.717, 1.165) is 0 Å². The van der Waals surface area contributed by atoms with Gasteiger partial charge in [-0.15, -0.1) is 0 Å². The number of carbonyl (C=O) groups excluding carboxylic acids is 1. The molecule has 0 saturated heterocycles. The number of hydrogen-bond donors (Lipinski definition) is 4. The van der Waals surface area contributed by atoms with E-state index >= 15 is 0 Å². The summed E-state index contributed by atoms with van der Waals surface area (Å²) in [6.07, 6.45) is 1.49. The summed E-state index contributed by atoms with van der Waals surface area (Å²) in [5.74, 6) is -1.23. The van der Waals surface area contributed by atoms with E-state index < -0.39 is 36.0 Å². The predicted octanol–water partition coefficient (Wildman–Crippen LogP) is -0.353. The summed E-state index contributed by atoms with van der Waals surface area (Å²) in [6.45, 7) is 3.46. The number of ether oxygens (including phenoxy) is 1. The third-order valence-corrected chi connectivity index (χ3v) is 5.01. The molecule has 0 bridgehead atoms. The Labute approximate surface area is 149 Å². The van der Waals surface area contributed by atoms with Crippen LogP contribution in [-0.4, -0.2) is 49.3 Å². The number of rotatable bonds is 3. The quantitative estimate of drug-likeness (QED) is 0.250. The molecule has 0 aromatic carbocycles. The van der Waals surface area contributed by atoms with Crippen LogP contribution in [0.3, 0.4) is 0 Å². The number of aromatic nitrogens is 2. The van der Waals surface area contributed by atoms with Gasteiger partial charge in [-0.05, 0) is 18.4 Å². The SMILES string of the molecule is CC(C)C(=O)O[C@@H]1CCC=C2[C@H]1[C@@H](O)[C@@H](O)[C@@H]2n1cc/c(=N/O)[nH]c1=O. The highest BCUT2D eigenvalue weighted by atomic mass is 16.5. The van der Waals surface area contributed by atoms with Crippen molar-refractivity contribution in [3.05, 3.63) is 39.9 Å². The maximum Gasteiger partial charge on any atom is 0.327 e. The zero-order chi connectivity index (χ0) is 19.0. The van der Waals surface area contributed by atoms with Gasteiger partial charge in [0.1, 0.15) is 12.2 Å². The van der Waals surface area contributed by atoms with E-state index in [4.69, 9.17) is 9.94 Å². The first-order chi connectivity index (χ1) is 12.3. The first-order valence-corrected chi connectivity index (χ1v) is 8.61. The molecule has 0 amide bonds. The molecule has 3 rings (SSSR count). The van der Waals surface area contributed by atoms with Gasteiger partial charge >= 0.3 is 11.7 Å². The minimum absolute atomic E-state index is 0.0165. The number of fused-ring (bicyclic) bond motifs is 1. The Kier molecular flexibility index (Phi) is 5.01. The second-order valence-electron chi connectivity index (χ2n) is 7.00. The van der Waals surface area contributed by atoms with Gasteiger partial charge in [-0.2, -0.15) is 0 Å². The largest absolute Gasteiger partial charge is 0.461 e. The zero-order valence-corrected chi connectivity index (χ0v) is 14.6. The van der Waals surface area contributed by atoms with Crippen molar-refractivity contribution in [1.29, 1.82) is 0 Å². The second-order valence-corrected chi connectivity index (χ2v) is 7.00. The Morgan fingerprint density at radius 2 is 2.12 bits per heavy atom. The van der Waals surface area contributed by atoms with Crippen LogP contribution in [-0.2, 0) is 9.53 Å². The number of carbonyl (C=O) groups is 1. The Hall–Kier alpha value is -2.39. The molecule has 1 saturated carbocycles.